The Morgan fingerprint density at radius 1 is 0.765 bits per heavy atom. The number of anilines is 1. The van der Waals surface area contributed by atoms with Crippen LogP contribution in [0.1, 0.15) is 21.5 Å². The van der Waals surface area contributed by atoms with Gasteiger partial charge in [-0.2, -0.15) is 4.31 Å². The van der Waals surface area contributed by atoms with Crippen molar-refractivity contribution in [1.82, 2.24) is 9.21 Å². The zero-order valence-corrected chi connectivity index (χ0v) is 19.5. The standard InChI is InChI=1S/C26H26FN3O3S/c27-23-7-9-24(10-8-23)28-15-17-29(18-16-28)26(31)21-5-11-25(12-6-21)34(32,33)30-14-13-20-3-1-2-4-22(20)19-30/h1-12H,13-19H2. The molecule has 34 heavy (non-hydrogen) atoms. The molecule has 2 heterocycles. The zero-order chi connectivity index (χ0) is 23.7. The first-order valence-corrected chi connectivity index (χ1v) is 12.8. The highest BCUT2D eigenvalue weighted by atomic mass is 32.2. The fraction of sp³-hybridized carbons (Fsp3) is 0.269. The molecule has 6 nitrogen and oxygen atoms in total. The maximum absolute atomic E-state index is 13.2. The van der Waals surface area contributed by atoms with Crippen molar-refractivity contribution >= 4 is 21.6 Å². The number of rotatable bonds is 4. The second kappa shape index (κ2) is 9.19. The minimum absolute atomic E-state index is 0.116. The van der Waals surface area contributed by atoms with Crippen LogP contribution in [-0.2, 0) is 23.0 Å². The lowest BCUT2D eigenvalue weighted by molar-refractivity contribution is 0.0746. The van der Waals surface area contributed by atoms with Crippen LogP contribution in [0, 0.1) is 5.82 Å². The van der Waals surface area contributed by atoms with Crippen LogP contribution in [0.5, 0.6) is 0 Å². The van der Waals surface area contributed by atoms with Crippen LogP contribution < -0.4 is 4.90 Å². The fourth-order valence-corrected chi connectivity index (χ4v) is 6.01. The smallest absolute Gasteiger partial charge is 0.253 e. The van der Waals surface area contributed by atoms with E-state index < -0.39 is 10.0 Å². The van der Waals surface area contributed by atoms with E-state index in [9.17, 15) is 17.6 Å². The number of carbonyl (C=O) groups excluding carboxylic acids is 1. The maximum Gasteiger partial charge on any atom is 0.253 e. The topological polar surface area (TPSA) is 60.9 Å². The highest BCUT2D eigenvalue weighted by Gasteiger charge is 2.29. The molecule has 5 rings (SSSR count). The van der Waals surface area contributed by atoms with Crippen molar-refractivity contribution in [3.8, 4) is 0 Å². The van der Waals surface area contributed by atoms with Gasteiger partial charge in [0.05, 0.1) is 4.90 Å². The second-order valence-electron chi connectivity index (χ2n) is 8.64. The van der Waals surface area contributed by atoms with Gasteiger partial charge in [-0.1, -0.05) is 24.3 Å². The maximum atomic E-state index is 13.2. The average Bonchev–Trinajstić information content (AvgIpc) is 2.88. The number of nitrogens with zero attached hydrogens (tertiary/aromatic N) is 3. The summed E-state index contributed by atoms with van der Waals surface area (Å²) in [6.45, 7) is 3.20. The van der Waals surface area contributed by atoms with Crippen LogP contribution in [0.25, 0.3) is 0 Å². The predicted molar refractivity (Wildman–Crippen MR) is 129 cm³/mol. The Kier molecular flexibility index (Phi) is 6.10. The number of piperazine rings is 1. The third-order valence-corrected chi connectivity index (χ3v) is 8.45. The Morgan fingerprint density at radius 2 is 1.41 bits per heavy atom. The summed E-state index contributed by atoms with van der Waals surface area (Å²) in [4.78, 5) is 17.1. The molecule has 0 saturated carbocycles. The molecule has 3 aromatic rings. The molecule has 0 radical (unpaired) electrons. The number of sulfonamides is 1. The van der Waals surface area contributed by atoms with E-state index >= 15 is 0 Å². The Hall–Kier alpha value is -3.23. The SMILES string of the molecule is O=C(c1ccc(S(=O)(=O)N2CCc3ccccc3C2)cc1)N1CCN(c2ccc(F)cc2)CC1. The largest absolute Gasteiger partial charge is 0.368 e. The number of hydrogen-bond acceptors (Lipinski definition) is 4. The van der Waals surface area contributed by atoms with E-state index in [4.69, 9.17) is 0 Å². The van der Waals surface area contributed by atoms with Crippen molar-refractivity contribution in [2.75, 3.05) is 37.6 Å². The summed E-state index contributed by atoms with van der Waals surface area (Å²) in [6, 6.07) is 20.5. The van der Waals surface area contributed by atoms with Gasteiger partial charge in [-0.25, -0.2) is 12.8 Å². The van der Waals surface area contributed by atoms with E-state index in [1.54, 1.807) is 29.2 Å². The molecular formula is C26H26FN3O3S. The van der Waals surface area contributed by atoms with E-state index in [1.165, 1.54) is 34.1 Å². The quantitative estimate of drug-likeness (QED) is 0.575. The monoisotopic (exact) mass is 479 g/mol. The second-order valence-corrected chi connectivity index (χ2v) is 10.6. The van der Waals surface area contributed by atoms with Gasteiger partial charge in [-0.15, -0.1) is 0 Å². The van der Waals surface area contributed by atoms with Crippen molar-refractivity contribution in [1.29, 1.82) is 0 Å². The van der Waals surface area contributed by atoms with Crippen molar-refractivity contribution in [3.05, 3.63) is 95.3 Å². The summed E-state index contributed by atoms with van der Waals surface area (Å²) in [5.74, 6) is -0.386. The van der Waals surface area contributed by atoms with Crippen LogP contribution in [-0.4, -0.2) is 56.3 Å². The minimum Gasteiger partial charge on any atom is -0.368 e. The molecule has 0 bridgehead atoms. The van der Waals surface area contributed by atoms with Crippen LogP contribution in [0.3, 0.4) is 0 Å². The molecule has 1 amide bonds. The predicted octanol–water partition coefficient (Wildman–Crippen LogP) is 3.54. The molecule has 1 saturated heterocycles. The van der Waals surface area contributed by atoms with Gasteiger partial charge in [-0.3, -0.25) is 4.79 Å². The lowest BCUT2D eigenvalue weighted by Gasteiger charge is -2.36. The van der Waals surface area contributed by atoms with E-state index in [1.807, 2.05) is 24.3 Å². The lowest BCUT2D eigenvalue weighted by Crippen LogP contribution is -2.48. The molecule has 0 aliphatic carbocycles. The van der Waals surface area contributed by atoms with Gasteiger partial charge in [-0.05, 0) is 66.1 Å². The molecule has 1 fully saturated rings. The molecule has 0 aromatic heterocycles. The molecule has 2 aliphatic rings. The van der Waals surface area contributed by atoms with Crippen molar-refractivity contribution in [2.24, 2.45) is 0 Å². The number of benzene rings is 3. The van der Waals surface area contributed by atoms with Gasteiger partial charge in [0.15, 0.2) is 0 Å². The van der Waals surface area contributed by atoms with E-state index in [-0.39, 0.29) is 16.6 Å². The Labute approximate surface area is 199 Å². The molecule has 176 valence electrons. The number of fused-ring (bicyclic) bond motifs is 1. The van der Waals surface area contributed by atoms with Gasteiger partial charge >= 0.3 is 0 Å². The highest BCUT2D eigenvalue weighted by molar-refractivity contribution is 7.89. The normalized spacial score (nSPS) is 16.9. The van der Waals surface area contributed by atoms with Gasteiger partial charge < -0.3 is 9.80 Å². The summed E-state index contributed by atoms with van der Waals surface area (Å²) in [6.07, 6.45) is 0.690. The molecule has 0 unspecified atom stereocenters. The van der Waals surface area contributed by atoms with Gasteiger partial charge in [0, 0.05) is 50.5 Å². The molecule has 8 heteroatoms. The number of hydrogen-bond donors (Lipinski definition) is 0. The summed E-state index contributed by atoms with van der Waals surface area (Å²) >= 11 is 0. The Balaban J connectivity index is 1.23. The summed E-state index contributed by atoms with van der Waals surface area (Å²) in [5.41, 5.74) is 3.62. The summed E-state index contributed by atoms with van der Waals surface area (Å²) in [5, 5.41) is 0. The first kappa shape index (κ1) is 22.6. The molecule has 2 aliphatic heterocycles. The number of halogens is 1. The highest BCUT2D eigenvalue weighted by Crippen LogP contribution is 2.25. The van der Waals surface area contributed by atoms with Crippen molar-refractivity contribution in [3.63, 3.8) is 0 Å². The van der Waals surface area contributed by atoms with Gasteiger partial charge in [0.25, 0.3) is 5.91 Å². The average molecular weight is 480 g/mol. The third-order valence-electron chi connectivity index (χ3n) is 6.59. The molecule has 0 atom stereocenters. The Bertz CT molecular complexity index is 1290. The van der Waals surface area contributed by atoms with Crippen LogP contribution in [0.2, 0.25) is 0 Å². The summed E-state index contributed by atoms with van der Waals surface area (Å²) in [7, 11) is -3.64. The van der Waals surface area contributed by atoms with E-state index in [2.05, 4.69) is 4.90 Å². The molecular weight excluding hydrogens is 453 g/mol. The van der Waals surface area contributed by atoms with Crippen LogP contribution in [0.15, 0.2) is 77.7 Å². The van der Waals surface area contributed by atoms with Crippen LogP contribution >= 0.6 is 0 Å². The minimum atomic E-state index is -3.64. The Morgan fingerprint density at radius 3 is 2.09 bits per heavy atom. The molecule has 3 aromatic carbocycles. The van der Waals surface area contributed by atoms with E-state index in [0.29, 0.717) is 51.3 Å². The van der Waals surface area contributed by atoms with Crippen molar-refractivity contribution in [2.45, 2.75) is 17.9 Å². The zero-order valence-electron chi connectivity index (χ0n) is 18.7. The van der Waals surface area contributed by atoms with Gasteiger partial charge in [0.2, 0.25) is 10.0 Å². The first-order valence-electron chi connectivity index (χ1n) is 11.4. The first-order chi connectivity index (χ1) is 16.4. The lowest BCUT2D eigenvalue weighted by atomic mass is 10.0. The van der Waals surface area contributed by atoms with Crippen molar-refractivity contribution < 1.29 is 17.6 Å². The third kappa shape index (κ3) is 4.43. The fourth-order valence-electron chi connectivity index (χ4n) is 4.60. The number of amides is 1. The van der Waals surface area contributed by atoms with Crippen LogP contribution in [0.4, 0.5) is 10.1 Å². The number of carbonyl (C=O) groups is 1. The van der Waals surface area contributed by atoms with E-state index in [0.717, 1.165) is 11.3 Å². The van der Waals surface area contributed by atoms with Gasteiger partial charge in [0.1, 0.15) is 5.82 Å². The molecule has 0 N–H and O–H groups in total. The molecule has 0 spiro atoms. The summed E-state index contributed by atoms with van der Waals surface area (Å²) < 4.78 is 41.0.